The molecule has 0 saturated carbocycles. The van der Waals surface area contributed by atoms with E-state index in [0.717, 1.165) is 35.2 Å². The van der Waals surface area contributed by atoms with Crippen molar-refractivity contribution in [2.45, 2.75) is 25.3 Å². The van der Waals surface area contributed by atoms with Crippen LogP contribution in [0, 0.1) is 0 Å². The number of carbonyl (C=O) groups excluding carboxylic acids is 1. The number of nitrogens with two attached hydrogens (primary N) is 1. The van der Waals surface area contributed by atoms with Gasteiger partial charge in [0.25, 0.3) is 0 Å². The Kier molecular flexibility index (Phi) is 4.82. The minimum absolute atomic E-state index is 0.125. The SMILES string of the molecule is COc1ccc(CC(=O)N2CCC[C@@H](N)C2)cc1Br. The number of rotatable bonds is 3. The van der Waals surface area contributed by atoms with E-state index in [1.165, 1.54) is 0 Å². The Labute approximate surface area is 122 Å². The van der Waals surface area contributed by atoms with Gasteiger partial charge in [-0.2, -0.15) is 0 Å². The molecule has 0 bridgehead atoms. The second-order valence-corrected chi connectivity index (χ2v) is 5.74. The molecule has 0 unspecified atom stereocenters. The van der Waals surface area contributed by atoms with Crippen LogP contribution < -0.4 is 10.5 Å². The highest BCUT2D eigenvalue weighted by Gasteiger charge is 2.21. The van der Waals surface area contributed by atoms with Gasteiger partial charge in [-0.3, -0.25) is 4.79 Å². The minimum atomic E-state index is 0.125. The largest absolute Gasteiger partial charge is 0.496 e. The summed E-state index contributed by atoms with van der Waals surface area (Å²) in [6.45, 7) is 1.50. The van der Waals surface area contributed by atoms with E-state index in [1.807, 2.05) is 23.1 Å². The molecule has 0 aromatic heterocycles. The topological polar surface area (TPSA) is 55.6 Å². The zero-order valence-corrected chi connectivity index (χ0v) is 12.6. The van der Waals surface area contributed by atoms with Crippen molar-refractivity contribution in [2.75, 3.05) is 20.2 Å². The highest BCUT2D eigenvalue weighted by molar-refractivity contribution is 9.10. The molecule has 1 heterocycles. The van der Waals surface area contributed by atoms with Crippen LogP contribution in [0.15, 0.2) is 22.7 Å². The van der Waals surface area contributed by atoms with Crippen molar-refractivity contribution in [3.63, 3.8) is 0 Å². The van der Waals surface area contributed by atoms with Crippen molar-refractivity contribution in [3.05, 3.63) is 28.2 Å². The summed E-state index contributed by atoms with van der Waals surface area (Å²) in [7, 11) is 1.63. The lowest BCUT2D eigenvalue weighted by molar-refractivity contribution is -0.131. The van der Waals surface area contributed by atoms with Gasteiger partial charge in [0.1, 0.15) is 5.75 Å². The number of hydrogen-bond acceptors (Lipinski definition) is 3. The van der Waals surface area contributed by atoms with Crippen molar-refractivity contribution in [2.24, 2.45) is 5.73 Å². The molecule has 0 aliphatic carbocycles. The molecule has 1 amide bonds. The van der Waals surface area contributed by atoms with Gasteiger partial charge in [-0.25, -0.2) is 0 Å². The molecule has 0 radical (unpaired) electrons. The van der Waals surface area contributed by atoms with Crippen LogP contribution in [-0.4, -0.2) is 37.0 Å². The maximum absolute atomic E-state index is 12.2. The molecule has 1 fully saturated rings. The van der Waals surface area contributed by atoms with E-state index in [0.29, 0.717) is 13.0 Å². The van der Waals surface area contributed by atoms with E-state index in [-0.39, 0.29) is 11.9 Å². The Hall–Kier alpha value is -1.07. The first kappa shape index (κ1) is 14.3. The fraction of sp³-hybridized carbons (Fsp3) is 0.500. The molecule has 1 aromatic rings. The second kappa shape index (κ2) is 6.39. The van der Waals surface area contributed by atoms with Crippen LogP contribution in [0.3, 0.4) is 0 Å². The summed E-state index contributed by atoms with van der Waals surface area (Å²) in [4.78, 5) is 14.1. The summed E-state index contributed by atoms with van der Waals surface area (Å²) in [6.07, 6.45) is 2.42. The fourth-order valence-corrected chi connectivity index (χ4v) is 2.93. The van der Waals surface area contributed by atoms with E-state index >= 15 is 0 Å². The summed E-state index contributed by atoms with van der Waals surface area (Å²) in [6, 6.07) is 5.85. The molecule has 1 aliphatic rings. The number of nitrogens with zero attached hydrogens (tertiary/aromatic N) is 1. The Balaban J connectivity index is 2.00. The number of hydrogen-bond donors (Lipinski definition) is 1. The first-order valence-electron chi connectivity index (χ1n) is 6.46. The summed E-state index contributed by atoms with van der Waals surface area (Å²) < 4.78 is 6.05. The summed E-state index contributed by atoms with van der Waals surface area (Å²) in [5, 5.41) is 0. The molecule has 2 rings (SSSR count). The molecule has 5 heteroatoms. The number of ether oxygens (including phenoxy) is 1. The molecular formula is C14H19BrN2O2. The Morgan fingerprint density at radius 2 is 2.37 bits per heavy atom. The average molecular weight is 327 g/mol. The standard InChI is InChI=1S/C14H19BrN2O2/c1-19-13-5-4-10(7-12(13)15)8-14(18)17-6-2-3-11(16)9-17/h4-5,7,11H,2-3,6,8-9,16H2,1H3/t11-/m1/s1. The Morgan fingerprint density at radius 3 is 3.00 bits per heavy atom. The zero-order chi connectivity index (χ0) is 13.8. The Morgan fingerprint density at radius 1 is 1.58 bits per heavy atom. The van der Waals surface area contributed by atoms with Crippen LogP contribution in [0.2, 0.25) is 0 Å². The smallest absolute Gasteiger partial charge is 0.227 e. The normalized spacial score (nSPS) is 19.3. The zero-order valence-electron chi connectivity index (χ0n) is 11.1. The van der Waals surface area contributed by atoms with Gasteiger partial charge in [0, 0.05) is 19.1 Å². The third-order valence-corrected chi connectivity index (χ3v) is 4.00. The lowest BCUT2D eigenvalue weighted by atomic mass is 10.1. The highest BCUT2D eigenvalue weighted by Crippen LogP contribution is 2.26. The van der Waals surface area contributed by atoms with Crippen LogP contribution in [0.25, 0.3) is 0 Å². The lowest BCUT2D eigenvalue weighted by Gasteiger charge is -2.30. The summed E-state index contributed by atoms with van der Waals surface area (Å²) in [5.41, 5.74) is 6.88. The molecular weight excluding hydrogens is 308 g/mol. The number of likely N-dealkylation sites (tertiary alicyclic amines) is 1. The van der Waals surface area contributed by atoms with Gasteiger partial charge in [-0.15, -0.1) is 0 Å². The molecule has 0 spiro atoms. The molecule has 2 N–H and O–H groups in total. The van der Waals surface area contributed by atoms with E-state index in [2.05, 4.69) is 15.9 Å². The average Bonchev–Trinajstić information content (AvgIpc) is 2.39. The first-order valence-corrected chi connectivity index (χ1v) is 7.25. The van der Waals surface area contributed by atoms with Gasteiger partial charge in [0.2, 0.25) is 5.91 Å². The van der Waals surface area contributed by atoms with Gasteiger partial charge in [-0.05, 0) is 46.5 Å². The molecule has 1 aliphatic heterocycles. The van der Waals surface area contributed by atoms with E-state index in [1.54, 1.807) is 7.11 Å². The van der Waals surface area contributed by atoms with Crippen molar-refractivity contribution >= 4 is 21.8 Å². The first-order chi connectivity index (χ1) is 9.10. The maximum atomic E-state index is 12.2. The second-order valence-electron chi connectivity index (χ2n) is 4.89. The molecule has 104 valence electrons. The molecule has 4 nitrogen and oxygen atoms in total. The third kappa shape index (κ3) is 3.70. The van der Waals surface area contributed by atoms with Crippen molar-refractivity contribution in [3.8, 4) is 5.75 Å². The van der Waals surface area contributed by atoms with Crippen molar-refractivity contribution in [1.29, 1.82) is 0 Å². The maximum Gasteiger partial charge on any atom is 0.227 e. The molecule has 1 saturated heterocycles. The number of halogens is 1. The van der Waals surface area contributed by atoms with Crippen LogP contribution in [0.1, 0.15) is 18.4 Å². The van der Waals surface area contributed by atoms with Crippen LogP contribution in [0.5, 0.6) is 5.75 Å². The van der Waals surface area contributed by atoms with Gasteiger partial charge in [0.05, 0.1) is 18.0 Å². The molecule has 1 aromatic carbocycles. The highest BCUT2D eigenvalue weighted by atomic mass is 79.9. The lowest BCUT2D eigenvalue weighted by Crippen LogP contribution is -2.46. The minimum Gasteiger partial charge on any atom is -0.496 e. The number of carbonyl (C=O) groups is 1. The van der Waals surface area contributed by atoms with Crippen LogP contribution >= 0.6 is 15.9 Å². The monoisotopic (exact) mass is 326 g/mol. The predicted molar refractivity (Wildman–Crippen MR) is 78.2 cm³/mol. The van der Waals surface area contributed by atoms with Crippen LogP contribution in [-0.2, 0) is 11.2 Å². The van der Waals surface area contributed by atoms with Gasteiger partial charge >= 0.3 is 0 Å². The quantitative estimate of drug-likeness (QED) is 0.923. The number of amides is 1. The van der Waals surface area contributed by atoms with E-state index < -0.39 is 0 Å². The van der Waals surface area contributed by atoms with Gasteiger partial charge < -0.3 is 15.4 Å². The number of piperidine rings is 1. The van der Waals surface area contributed by atoms with E-state index in [9.17, 15) is 4.79 Å². The van der Waals surface area contributed by atoms with Gasteiger partial charge in [0.15, 0.2) is 0 Å². The van der Waals surface area contributed by atoms with Gasteiger partial charge in [-0.1, -0.05) is 6.07 Å². The third-order valence-electron chi connectivity index (χ3n) is 3.38. The number of methoxy groups -OCH3 is 1. The molecule has 1 atom stereocenters. The summed E-state index contributed by atoms with van der Waals surface area (Å²) >= 11 is 3.43. The fourth-order valence-electron chi connectivity index (χ4n) is 2.34. The Bertz CT molecular complexity index is 465. The molecule has 19 heavy (non-hydrogen) atoms. The van der Waals surface area contributed by atoms with E-state index in [4.69, 9.17) is 10.5 Å². The number of benzene rings is 1. The predicted octanol–water partition coefficient (Wildman–Crippen LogP) is 1.95. The van der Waals surface area contributed by atoms with Crippen molar-refractivity contribution < 1.29 is 9.53 Å². The van der Waals surface area contributed by atoms with Crippen LogP contribution in [0.4, 0.5) is 0 Å². The summed E-state index contributed by atoms with van der Waals surface area (Å²) in [5.74, 6) is 0.920. The van der Waals surface area contributed by atoms with Crippen molar-refractivity contribution in [1.82, 2.24) is 4.90 Å².